The Morgan fingerprint density at radius 2 is 2.18 bits per heavy atom. The Bertz CT molecular complexity index is 333. The van der Waals surface area contributed by atoms with Gasteiger partial charge < -0.3 is 10.6 Å². The number of nitrogens with zero attached hydrogens (tertiary/aromatic N) is 2. The fourth-order valence-corrected chi connectivity index (χ4v) is 2.66. The average Bonchev–Trinajstić information content (AvgIpc) is 2.83. The van der Waals surface area contributed by atoms with Crippen LogP contribution in [0.2, 0.25) is 0 Å². The van der Waals surface area contributed by atoms with E-state index in [9.17, 15) is 9.18 Å². The third-order valence-electron chi connectivity index (χ3n) is 3.57. The standard InChI is InChI=1S/C11H16FN3O.ClH/c12-7-4-8(5-13)15(6-7)11(16)9-2-1-3-10(9)14;/h7-10H,1-4,6,14H2;1H/t7-,8-,9+,10-;/m0./s1. The van der Waals surface area contributed by atoms with Gasteiger partial charge in [0.1, 0.15) is 12.2 Å². The van der Waals surface area contributed by atoms with Crippen molar-refractivity contribution in [3.8, 4) is 6.07 Å². The molecule has 6 heteroatoms. The van der Waals surface area contributed by atoms with Crippen LogP contribution in [-0.4, -0.2) is 35.6 Å². The Hall–Kier alpha value is -0.860. The molecule has 96 valence electrons. The first-order valence-corrected chi connectivity index (χ1v) is 5.73. The number of rotatable bonds is 1. The van der Waals surface area contributed by atoms with E-state index < -0.39 is 12.2 Å². The molecule has 2 N–H and O–H groups in total. The molecule has 1 saturated carbocycles. The quantitative estimate of drug-likeness (QED) is 0.766. The van der Waals surface area contributed by atoms with Crippen LogP contribution in [-0.2, 0) is 4.79 Å². The molecule has 1 saturated heterocycles. The normalized spacial score (nSPS) is 36.4. The van der Waals surface area contributed by atoms with E-state index in [2.05, 4.69) is 0 Å². The predicted octanol–water partition coefficient (Wildman–Crippen LogP) is 0.998. The zero-order chi connectivity index (χ0) is 11.7. The largest absolute Gasteiger partial charge is 0.327 e. The first kappa shape index (κ1) is 14.2. The van der Waals surface area contributed by atoms with Crippen molar-refractivity contribution in [1.82, 2.24) is 4.90 Å². The number of hydrogen-bond donors (Lipinski definition) is 1. The molecule has 0 aromatic rings. The number of hydrogen-bond acceptors (Lipinski definition) is 3. The molecule has 0 radical (unpaired) electrons. The van der Waals surface area contributed by atoms with Crippen molar-refractivity contribution in [3.05, 3.63) is 0 Å². The molecule has 0 unspecified atom stereocenters. The molecule has 0 aromatic carbocycles. The second-order valence-corrected chi connectivity index (χ2v) is 4.67. The van der Waals surface area contributed by atoms with Crippen LogP contribution in [0, 0.1) is 17.2 Å². The summed E-state index contributed by atoms with van der Waals surface area (Å²) in [5.74, 6) is -0.335. The maximum atomic E-state index is 13.2. The monoisotopic (exact) mass is 261 g/mol. The van der Waals surface area contributed by atoms with Gasteiger partial charge in [-0.2, -0.15) is 5.26 Å². The molecule has 2 rings (SSSR count). The summed E-state index contributed by atoms with van der Waals surface area (Å²) < 4.78 is 13.2. The Labute approximate surface area is 106 Å². The van der Waals surface area contributed by atoms with E-state index in [1.54, 1.807) is 0 Å². The van der Waals surface area contributed by atoms with Crippen molar-refractivity contribution in [2.24, 2.45) is 11.7 Å². The molecule has 4 atom stereocenters. The van der Waals surface area contributed by atoms with Crippen LogP contribution in [0.4, 0.5) is 4.39 Å². The van der Waals surface area contributed by atoms with Gasteiger partial charge in [0.2, 0.25) is 5.91 Å². The van der Waals surface area contributed by atoms with Crippen LogP contribution in [0.3, 0.4) is 0 Å². The summed E-state index contributed by atoms with van der Waals surface area (Å²) in [6, 6.07) is 1.27. The lowest BCUT2D eigenvalue weighted by Gasteiger charge is -2.24. The summed E-state index contributed by atoms with van der Waals surface area (Å²) in [4.78, 5) is 13.5. The highest BCUT2D eigenvalue weighted by atomic mass is 35.5. The fourth-order valence-electron chi connectivity index (χ4n) is 2.66. The summed E-state index contributed by atoms with van der Waals surface area (Å²) in [7, 11) is 0. The first-order chi connectivity index (χ1) is 7.63. The zero-order valence-electron chi connectivity index (χ0n) is 9.51. The number of nitrogens with two attached hydrogens (primary N) is 1. The van der Waals surface area contributed by atoms with Crippen LogP contribution >= 0.6 is 12.4 Å². The maximum absolute atomic E-state index is 13.2. The van der Waals surface area contributed by atoms with E-state index >= 15 is 0 Å². The van der Waals surface area contributed by atoms with Crippen molar-refractivity contribution in [1.29, 1.82) is 5.26 Å². The highest BCUT2D eigenvalue weighted by Gasteiger charge is 2.41. The third kappa shape index (κ3) is 2.70. The summed E-state index contributed by atoms with van der Waals surface area (Å²) in [5.41, 5.74) is 5.84. The van der Waals surface area contributed by atoms with Gasteiger partial charge in [-0.25, -0.2) is 4.39 Å². The Morgan fingerprint density at radius 1 is 1.47 bits per heavy atom. The highest BCUT2D eigenvalue weighted by molar-refractivity contribution is 5.85. The predicted molar refractivity (Wildman–Crippen MR) is 63.2 cm³/mol. The Balaban J connectivity index is 0.00000144. The fraction of sp³-hybridized carbons (Fsp3) is 0.818. The topological polar surface area (TPSA) is 70.1 Å². The summed E-state index contributed by atoms with van der Waals surface area (Å²) >= 11 is 0. The second-order valence-electron chi connectivity index (χ2n) is 4.67. The van der Waals surface area contributed by atoms with Crippen molar-refractivity contribution in [3.63, 3.8) is 0 Å². The van der Waals surface area contributed by atoms with Gasteiger partial charge in [-0.3, -0.25) is 4.79 Å². The highest BCUT2D eigenvalue weighted by Crippen LogP contribution is 2.29. The van der Waals surface area contributed by atoms with Gasteiger partial charge in [-0.15, -0.1) is 12.4 Å². The number of halogens is 2. The molecule has 0 spiro atoms. The molecule has 1 amide bonds. The average molecular weight is 262 g/mol. The van der Waals surface area contributed by atoms with Gasteiger partial charge in [-0.05, 0) is 12.8 Å². The molecule has 2 fully saturated rings. The lowest BCUT2D eigenvalue weighted by atomic mass is 10.0. The third-order valence-corrected chi connectivity index (χ3v) is 3.57. The van der Waals surface area contributed by atoms with Crippen molar-refractivity contribution in [2.45, 2.75) is 43.9 Å². The number of nitriles is 1. The molecule has 0 aromatic heterocycles. The number of likely N-dealkylation sites (tertiary alicyclic amines) is 1. The number of alkyl halides is 1. The molecule has 1 aliphatic heterocycles. The smallest absolute Gasteiger partial charge is 0.228 e. The minimum absolute atomic E-state index is 0. The maximum Gasteiger partial charge on any atom is 0.228 e. The SMILES string of the molecule is Cl.N#C[C@@H]1C[C@H](F)CN1C(=O)[C@@H]1CCC[C@@H]1N. The van der Waals surface area contributed by atoms with Crippen LogP contribution in [0.5, 0.6) is 0 Å². The Kier molecular flexibility index (Phi) is 4.72. The Morgan fingerprint density at radius 3 is 2.71 bits per heavy atom. The van der Waals surface area contributed by atoms with Crippen LogP contribution in [0.1, 0.15) is 25.7 Å². The van der Waals surface area contributed by atoms with E-state index in [0.29, 0.717) is 0 Å². The van der Waals surface area contributed by atoms with Gasteiger partial charge in [-0.1, -0.05) is 6.42 Å². The molecule has 1 aliphatic carbocycles. The lowest BCUT2D eigenvalue weighted by Crippen LogP contribution is -2.43. The lowest BCUT2D eigenvalue weighted by molar-refractivity contribution is -0.135. The van der Waals surface area contributed by atoms with Gasteiger partial charge in [0.25, 0.3) is 0 Å². The molecule has 0 bridgehead atoms. The van der Waals surface area contributed by atoms with Crippen LogP contribution in [0.25, 0.3) is 0 Å². The van der Waals surface area contributed by atoms with Crippen LogP contribution < -0.4 is 5.73 Å². The van der Waals surface area contributed by atoms with E-state index in [0.717, 1.165) is 19.3 Å². The van der Waals surface area contributed by atoms with Gasteiger partial charge in [0.05, 0.1) is 18.5 Å². The number of carbonyl (C=O) groups excluding carboxylic acids is 1. The van der Waals surface area contributed by atoms with E-state index in [4.69, 9.17) is 11.0 Å². The minimum atomic E-state index is -1.06. The number of amides is 1. The number of carbonyl (C=O) groups is 1. The van der Waals surface area contributed by atoms with Crippen molar-refractivity contribution in [2.75, 3.05) is 6.54 Å². The van der Waals surface area contributed by atoms with Crippen LogP contribution in [0.15, 0.2) is 0 Å². The van der Waals surface area contributed by atoms with E-state index in [1.165, 1.54) is 4.90 Å². The zero-order valence-corrected chi connectivity index (χ0v) is 10.3. The summed E-state index contributed by atoms with van der Waals surface area (Å²) in [6.07, 6.45) is 1.64. The second kappa shape index (κ2) is 5.65. The molecule has 4 nitrogen and oxygen atoms in total. The summed E-state index contributed by atoms with van der Waals surface area (Å²) in [5, 5.41) is 8.87. The molecule has 1 heterocycles. The van der Waals surface area contributed by atoms with Crippen molar-refractivity contribution < 1.29 is 9.18 Å². The minimum Gasteiger partial charge on any atom is -0.327 e. The molecular weight excluding hydrogens is 245 g/mol. The molecule has 17 heavy (non-hydrogen) atoms. The van der Waals surface area contributed by atoms with E-state index in [-0.39, 0.29) is 43.2 Å². The molecule has 2 aliphatic rings. The first-order valence-electron chi connectivity index (χ1n) is 5.73. The van der Waals surface area contributed by atoms with Gasteiger partial charge >= 0.3 is 0 Å². The van der Waals surface area contributed by atoms with Crippen molar-refractivity contribution >= 4 is 18.3 Å². The van der Waals surface area contributed by atoms with Gasteiger partial charge in [0, 0.05) is 12.5 Å². The molecular formula is C11H17ClFN3O. The van der Waals surface area contributed by atoms with E-state index in [1.807, 2.05) is 6.07 Å². The summed E-state index contributed by atoms with van der Waals surface area (Å²) in [6.45, 7) is 0.0558. The van der Waals surface area contributed by atoms with Gasteiger partial charge in [0.15, 0.2) is 0 Å².